The number of phenolic OH excluding ortho intramolecular Hbond substituents is 1. The van der Waals surface area contributed by atoms with Crippen molar-refractivity contribution in [2.24, 2.45) is 0 Å². The maximum atomic E-state index is 11.9. The lowest BCUT2D eigenvalue weighted by Gasteiger charge is -2.08. The highest BCUT2D eigenvalue weighted by atomic mass is 32.1. The normalized spacial score (nSPS) is 9.78. The Morgan fingerprint density at radius 2 is 1.61 bits per heavy atom. The van der Waals surface area contributed by atoms with Crippen molar-refractivity contribution in [1.29, 1.82) is 0 Å². The second-order valence-corrected chi connectivity index (χ2v) is 4.07. The Bertz CT molecular complexity index is 581. The number of para-hydroxylation sites is 1. The minimum absolute atomic E-state index is 0.0517. The van der Waals surface area contributed by atoms with Crippen LogP contribution in [0.25, 0.3) is 0 Å². The van der Waals surface area contributed by atoms with Gasteiger partial charge in [-0.2, -0.15) is 0 Å². The maximum Gasteiger partial charge on any atom is 0.256 e. The van der Waals surface area contributed by atoms with Crippen LogP contribution in [0.3, 0.4) is 0 Å². The molecule has 3 nitrogen and oxygen atoms in total. The highest BCUT2D eigenvalue weighted by Crippen LogP contribution is 2.15. The number of thiocarbonyl (C=S) groups is 1. The molecule has 0 saturated carbocycles. The Balaban J connectivity index is 2.14. The number of amides is 1. The molecule has 0 bridgehead atoms. The number of benzene rings is 2. The summed E-state index contributed by atoms with van der Waals surface area (Å²) in [5.41, 5.74) is 0.965. The molecule has 2 rings (SSSR count). The number of hydrogen-bond acceptors (Lipinski definition) is 3. The van der Waals surface area contributed by atoms with Crippen molar-refractivity contribution >= 4 is 23.1 Å². The lowest BCUT2D eigenvalue weighted by atomic mass is 10.2. The first kappa shape index (κ1) is 12.3. The van der Waals surface area contributed by atoms with Crippen LogP contribution in [0.4, 0.5) is 0 Å². The van der Waals surface area contributed by atoms with E-state index in [-0.39, 0.29) is 16.6 Å². The average Bonchev–Trinajstić information content (AvgIpc) is 2.40. The molecule has 2 aromatic rings. The highest BCUT2D eigenvalue weighted by molar-refractivity contribution is 7.80. The Morgan fingerprint density at radius 3 is 2.28 bits per heavy atom. The van der Waals surface area contributed by atoms with Crippen LogP contribution in [0.2, 0.25) is 0 Å². The van der Waals surface area contributed by atoms with E-state index in [1.807, 2.05) is 6.07 Å². The Labute approximate surface area is 110 Å². The topological polar surface area (TPSA) is 49.3 Å². The molecule has 0 aliphatic carbocycles. The summed E-state index contributed by atoms with van der Waals surface area (Å²) in [7, 11) is 0. The molecule has 0 aliphatic heterocycles. The molecule has 2 aromatic carbocycles. The summed E-state index contributed by atoms with van der Waals surface area (Å²) in [6.07, 6.45) is 0. The van der Waals surface area contributed by atoms with Crippen molar-refractivity contribution in [1.82, 2.24) is 5.32 Å². The summed E-state index contributed by atoms with van der Waals surface area (Å²) < 4.78 is 0. The van der Waals surface area contributed by atoms with Gasteiger partial charge in [-0.05, 0) is 24.3 Å². The molecule has 90 valence electrons. The first-order valence-electron chi connectivity index (χ1n) is 5.37. The van der Waals surface area contributed by atoms with Crippen LogP contribution in [-0.4, -0.2) is 16.0 Å². The van der Waals surface area contributed by atoms with E-state index in [4.69, 9.17) is 12.2 Å². The van der Waals surface area contributed by atoms with Crippen LogP contribution >= 0.6 is 12.2 Å². The number of carbonyl (C=O) groups is 1. The third-order valence-corrected chi connectivity index (χ3v) is 2.73. The van der Waals surface area contributed by atoms with Crippen molar-refractivity contribution in [2.45, 2.75) is 0 Å². The van der Waals surface area contributed by atoms with E-state index in [9.17, 15) is 9.90 Å². The predicted octanol–water partition coefficient (Wildman–Crippen LogP) is 2.50. The van der Waals surface area contributed by atoms with Gasteiger partial charge in [-0.3, -0.25) is 4.79 Å². The molecule has 1 amide bonds. The highest BCUT2D eigenvalue weighted by Gasteiger charge is 2.11. The average molecular weight is 257 g/mol. The molecule has 0 unspecified atom stereocenters. The maximum absolute atomic E-state index is 11.9. The van der Waals surface area contributed by atoms with Gasteiger partial charge < -0.3 is 10.4 Å². The van der Waals surface area contributed by atoms with Crippen LogP contribution < -0.4 is 5.32 Å². The van der Waals surface area contributed by atoms with E-state index in [0.29, 0.717) is 11.1 Å². The van der Waals surface area contributed by atoms with Gasteiger partial charge in [0.15, 0.2) is 0 Å². The number of hydrogen-bond donors (Lipinski definition) is 2. The van der Waals surface area contributed by atoms with Crippen LogP contribution in [0.15, 0.2) is 54.6 Å². The van der Waals surface area contributed by atoms with Gasteiger partial charge in [0, 0.05) is 5.56 Å². The number of rotatable bonds is 2. The Kier molecular flexibility index (Phi) is 3.69. The molecule has 2 N–H and O–H groups in total. The number of carbonyl (C=O) groups excluding carboxylic acids is 1. The first-order valence-corrected chi connectivity index (χ1v) is 5.78. The summed E-state index contributed by atoms with van der Waals surface area (Å²) in [6.45, 7) is 0. The van der Waals surface area contributed by atoms with E-state index in [2.05, 4.69) is 5.32 Å². The Morgan fingerprint density at radius 1 is 1.00 bits per heavy atom. The first-order chi connectivity index (χ1) is 8.68. The van der Waals surface area contributed by atoms with E-state index >= 15 is 0 Å². The largest absolute Gasteiger partial charge is 0.507 e. The second kappa shape index (κ2) is 5.42. The minimum atomic E-state index is -0.288. The molecule has 0 spiro atoms. The zero-order valence-electron chi connectivity index (χ0n) is 9.46. The summed E-state index contributed by atoms with van der Waals surface area (Å²) in [6, 6.07) is 15.4. The lowest BCUT2D eigenvalue weighted by molar-refractivity contribution is 0.0978. The SMILES string of the molecule is O=C(NC(=S)c1ccccc1O)c1ccccc1. The van der Waals surface area contributed by atoms with Crippen molar-refractivity contribution in [2.75, 3.05) is 0 Å². The van der Waals surface area contributed by atoms with Gasteiger partial charge >= 0.3 is 0 Å². The zero-order valence-corrected chi connectivity index (χ0v) is 10.3. The molecular formula is C14H11NO2S. The summed E-state index contributed by atoms with van der Waals surface area (Å²) >= 11 is 5.09. The smallest absolute Gasteiger partial charge is 0.256 e. The molecule has 0 atom stereocenters. The van der Waals surface area contributed by atoms with E-state index in [0.717, 1.165) is 0 Å². The zero-order chi connectivity index (χ0) is 13.0. The lowest BCUT2D eigenvalue weighted by Crippen LogP contribution is -2.29. The van der Waals surface area contributed by atoms with E-state index in [1.165, 1.54) is 6.07 Å². The molecule has 0 radical (unpaired) electrons. The van der Waals surface area contributed by atoms with Crippen molar-refractivity contribution in [3.8, 4) is 5.75 Å². The predicted molar refractivity (Wildman–Crippen MR) is 73.7 cm³/mol. The molecule has 0 fully saturated rings. The molecule has 0 saturated heterocycles. The number of aromatic hydroxyl groups is 1. The summed E-state index contributed by atoms with van der Waals surface area (Å²) in [5.74, 6) is -0.236. The summed E-state index contributed by atoms with van der Waals surface area (Å²) in [4.78, 5) is 12.1. The van der Waals surface area contributed by atoms with Crippen LogP contribution in [-0.2, 0) is 0 Å². The van der Waals surface area contributed by atoms with E-state index < -0.39 is 0 Å². The fourth-order valence-electron chi connectivity index (χ4n) is 1.50. The van der Waals surface area contributed by atoms with Gasteiger partial charge in [0.2, 0.25) is 0 Å². The van der Waals surface area contributed by atoms with Gasteiger partial charge in [-0.15, -0.1) is 0 Å². The molecule has 0 aliphatic rings. The molecular weight excluding hydrogens is 246 g/mol. The second-order valence-electron chi connectivity index (χ2n) is 3.67. The standard InChI is InChI=1S/C14H11NO2S/c16-12-9-5-4-8-11(12)14(18)15-13(17)10-6-2-1-3-7-10/h1-9,16H,(H,15,17,18). The molecule has 4 heteroatoms. The van der Waals surface area contributed by atoms with Gasteiger partial charge in [-0.25, -0.2) is 0 Å². The quantitative estimate of drug-likeness (QED) is 0.813. The van der Waals surface area contributed by atoms with Gasteiger partial charge in [0.1, 0.15) is 10.7 Å². The molecule has 0 heterocycles. The Hall–Kier alpha value is -2.20. The van der Waals surface area contributed by atoms with Gasteiger partial charge in [0.05, 0.1) is 5.56 Å². The van der Waals surface area contributed by atoms with Crippen LogP contribution in [0, 0.1) is 0 Å². The monoisotopic (exact) mass is 257 g/mol. The van der Waals surface area contributed by atoms with Crippen LogP contribution in [0.1, 0.15) is 15.9 Å². The summed E-state index contributed by atoms with van der Waals surface area (Å²) in [5, 5.41) is 12.2. The van der Waals surface area contributed by atoms with Crippen molar-refractivity contribution < 1.29 is 9.90 Å². The fourth-order valence-corrected chi connectivity index (χ4v) is 1.76. The van der Waals surface area contributed by atoms with Crippen molar-refractivity contribution in [3.63, 3.8) is 0 Å². The minimum Gasteiger partial charge on any atom is -0.507 e. The molecule has 18 heavy (non-hydrogen) atoms. The van der Waals surface area contributed by atoms with Gasteiger partial charge in [-0.1, -0.05) is 42.5 Å². The third kappa shape index (κ3) is 2.73. The number of nitrogens with one attached hydrogen (secondary N) is 1. The van der Waals surface area contributed by atoms with Crippen LogP contribution in [0.5, 0.6) is 5.75 Å². The van der Waals surface area contributed by atoms with Gasteiger partial charge in [0.25, 0.3) is 5.91 Å². The van der Waals surface area contributed by atoms with Crippen molar-refractivity contribution in [3.05, 3.63) is 65.7 Å². The molecule has 0 aromatic heterocycles. The number of phenols is 1. The third-order valence-electron chi connectivity index (χ3n) is 2.41. The fraction of sp³-hybridized carbons (Fsp3) is 0. The van der Waals surface area contributed by atoms with E-state index in [1.54, 1.807) is 42.5 Å².